The number of hydrogen-bond donors (Lipinski definition) is 1. The fraction of sp³-hybridized carbons (Fsp3) is 0.107. The molecule has 1 N–H and O–H groups in total. The first kappa shape index (κ1) is 21.3. The third-order valence-electron chi connectivity index (χ3n) is 6.05. The number of carbonyl (C=O) groups excluding carboxylic acids is 1. The molecule has 0 fully saturated rings. The smallest absolute Gasteiger partial charge is 0.237 e. The lowest BCUT2D eigenvalue weighted by molar-refractivity contribution is -0.116. The minimum atomic E-state index is -0.501. The van der Waals surface area contributed by atoms with Crippen molar-refractivity contribution in [3.05, 3.63) is 107 Å². The summed E-state index contributed by atoms with van der Waals surface area (Å²) in [5.74, 6) is 1.32. The molecule has 35 heavy (non-hydrogen) atoms. The number of rotatable bonds is 4. The topological polar surface area (TPSA) is 69.0 Å². The Labute approximate surface area is 206 Å². The van der Waals surface area contributed by atoms with Gasteiger partial charge in [-0.2, -0.15) is 9.78 Å². The summed E-state index contributed by atoms with van der Waals surface area (Å²) in [6.07, 6.45) is 0. The minimum Gasteiger partial charge on any atom is -0.457 e. The molecule has 0 atom stereocenters. The minimum absolute atomic E-state index is 0.148. The van der Waals surface area contributed by atoms with Crippen molar-refractivity contribution in [1.82, 2.24) is 14.8 Å². The third kappa shape index (κ3) is 3.90. The third-order valence-corrected chi connectivity index (χ3v) is 6.86. The molecule has 6 nitrogen and oxygen atoms in total. The van der Waals surface area contributed by atoms with Crippen molar-refractivity contribution < 1.29 is 9.53 Å². The molecule has 5 aromatic rings. The lowest BCUT2D eigenvalue weighted by atomic mass is 9.87. The summed E-state index contributed by atoms with van der Waals surface area (Å²) in [6.45, 7) is 3.96. The van der Waals surface area contributed by atoms with Crippen LogP contribution in [0.1, 0.15) is 28.3 Å². The van der Waals surface area contributed by atoms with Gasteiger partial charge in [0.1, 0.15) is 17.3 Å². The standard InChI is InChI=1S/C28H22N4O2S/c1-17-11-13-19(14-12-17)22-16-35-28(29-22)32-25(15-18(2)31-32)30-27(33)26-20-7-3-5-9-23(20)34-24-10-6-4-8-21(24)26/h3-16,26H,1-2H3,(H,30,33). The van der Waals surface area contributed by atoms with Crippen molar-refractivity contribution in [2.45, 2.75) is 19.8 Å². The normalized spacial score (nSPS) is 12.5. The Morgan fingerprint density at radius 3 is 2.29 bits per heavy atom. The van der Waals surface area contributed by atoms with E-state index in [1.807, 2.05) is 66.9 Å². The fourth-order valence-electron chi connectivity index (χ4n) is 4.34. The Hall–Kier alpha value is -4.23. The van der Waals surface area contributed by atoms with Crippen molar-refractivity contribution in [1.29, 1.82) is 0 Å². The van der Waals surface area contributed by atoms with Crippen LogP contribution in [0.25, 0.3) is 16.4 Å². The van der Waals surface area contributed by atoms with Crippen LogP contribution in [0.5, 0.6) is 11.5 Å². The average Bonchev–Trinajstić information content (AvgIpc) is 3.49. The number of amides is 1. The molecular weight excluding hydrogens is 456 g/mol. The number of anilines is 1. The SMILES string of the molecule is Cc1ccc(-c2csc(-n3nc(C)cc3NC(=O)C3c4ccccc4Oc4ccccc43)n2)cc1. The van der Waals surface area contributed by atoms with Gasteiger partial charge in [0.05, 0.1) is 17.3 Å². The molecule has 0 bridgehead atoms. The van der Waals surface area contributed by atoms with E-state index in [0.717, 1.165) is 28.1 Å². The van der Waals surface area contributed by atoms with Crippen LogP contribution in [-0.2, 0) is 4.79 Å². The van der Waals surface area contributed by atoms with Gasteiger partial charge in [-0.3, -0.25) is 4.79 Å². The summed E-state index contributed by atoms with van der Waals surface area (Å²) in [6, 6.07) is 25.5. The van der Waals surface area contributed by atoms with Gasteiger partial charge in [0.15, 0.2) is 0 Å². The quantitative estimate of drug-likeness (QED) is 0.321. The van der Waals surface area contributed by atoms with Crippen molar-refractivity contribution in [2.24, 2.45) is 0 Å². The predicted molar refractivity (Wildman–Crippen MR) is 138 cm³/mol. The van der Waals surface area contributed by atoms with Crippen LogP contribution in [0.3, 0.4) is 0 Å². The van der Waals surface area contributed by atoms with Gasteiger partial charge in [-0.25, -0.2) is 4.98 Å². The van der Waals surface area contributed by atoms with Crippen molar-refractivity contribution in [3.63, 3.8) is 0 Å². The number of para-hydroxylation sites is 2. The van der Waals surface area contributed by atoms with Gasteiger partial charge in [-0.05, 0) is 26.0 Å². The molecular formula is C28H22N4O2S. The molecule has 0 radical (unpaired) electrons. The van der Waals surface area contributed by atoms with Gasteiger partial charge in [0, 0.05) is 28.1 Å². The average molecular weight is 479 g/mol. The molecule has 3 heterocycles. The second-order valence-corrected chi connectivity index (χ2v) is 9.40. The van der Waals surface area contributed by atoms with E-state index in [-0.39, 0.29) is 5.91 Å². The highest BCUT2D eigenvalue weighted by molar-refractivity contribution is 7.12. The molecule has 1 aliphatic rings. The number of thiazole rings is 1. The zero-order valence-electron chi connectivity index (χ0n) is 19.2. The lowest BCUT2D eigenvalue weighted by Crippen LogP contribution is -2.26. The summed E-state index contributed by atoms with van der Waals surface area (Å²) < 4.78 is 7.75. The predicted octanol–water partition coefficient (Wildman–Crippen LogP) is 6.49. The van der Waals surface area contributed by atoms with Gasteiger partial charge in [-0.1, -0.05) is 66.2 Å². The van der Waals surface area contributed by atoms with E-state index in [2.05, 4.69) is 41.6 Å². The molecule has 2 aromatic heterocycles. The van der Waals surface area contributed by atoms with Crippen LogP contribution in [0.4, 0.5) is 5.82 Å². The summed E-state index contributed by atoms with van der Waals surface area (Å²) in [4.78, 5) is 18.5. The number of aromatic nitrogens is 3. The highest BCUT2D eigenvalue weighted by atomic mass is 32.1. The van der Waals surface area contributed by atoms with Crippen LogP contribution in [-0.4, -0.2) is 20.7 Å². The van der Waals surface area contributed by atoms with Gasteiger partial charge in [0.25, 0.3) is 0 Å². The van der Waals surface area contributed by atoms with E-state index < -0.39 is 5.92 Å². The number of carbonyl (C=O) groups is 1. The van der Waals surface area contributed by atoms with Gasteiger partial charge >= 0.3 is 0 Å². The molecule has 7 heteroatoms. The van der Waals surface area contributed by atoms with E-state index in [1.54, 1.807) is 4.68 Å². The summed E-state index contributed by atoms with van der Waals surface area (Å²) >= 11 is 1.49. The van der Waals surface area contributed by atoms with E-state index in [9.17, 15) is 4.79 Å². The van der Waals surface area contributed by atoms with E-state index in [1.165, 1.54) is 16.9 Å². The maximum absolute atomic E-state index is 13.7. The van der Waals surface area contributed by atoms with Gasteiger partial charge < -0.3 is 10.1 Å². The van der Waals surface area contributed by atoms with Crippen LogP contribution >= 0.6 is 11.3 Å². The maximum Gasteiger partial charge on any atom is 0.237 e. The Balaban J connectivity index is 1.34. The molecule has 0 saturated carbocycles. The number of fused-ring (bicyclic) bond motifs is 2. The van der Waals surface area contributed by atoms with E-state index in [4.69, 9.17) is 9.72 Å². The molecule has 172 valence electrons. The number of aryl methyl sites for hydroxylation is 2. The van der Waals surface area contributed by atoms with Crippen molar-refractivity contribution in [2.75, 3.05) is 5.32 Å². The Morgan fingerprint density at radius 1 is 0.943 bits per heavy atom. The first-order valence-corrected chi connectivity index (χ1v) is 12.2. The van der Waals surface area contributed by atoms with Crippen molar-refractivity contribution >= 4 is 23.1 Å². The van der Waals surface area contributed by atoms with Crippen molar-refractivity contribution in [3.8, 4) is 27.9 Å². The van der Waals surface area contributed by atoms with E-state index in [0.29, 0.717) is 22.4 Å². The number of nitrogens with zero attached hydrogens (tertiary/aromatic N) is 3. The molecule has 1 amide bonds. The number of hydrogen-bond acceptors (Lipinski definition) is 5. The monoisotopic (exact) mass is 478 g/mol. The molecule has 1 aliphatic heterocycles. The highest BCUT2D eigenvalue weighted by Gasteiger charge is 2.33. The van der Waals surface area contributed by atoms with E-state index >= 15 is 0 Å². The second kappa shape index (κ2) is 8.52. The molecule has 6 rings (SSSR count). The van der Waals surface area contributed by atoms with Gasteiger partial charge in [0.2, 0.25) is 11.0 Å². The fourth-order valence-corrected chi connectivity index (χ4v) is 5.14. The number of ether oxygens (including phenoxy) is 1. The molecule has 0 unspecified atom stereocenters. The number of nitrogens with one attached hydrogen (secondary N) is 1. The Kier molecular flexibility index (Phi) is 5.19. The molecule has 3 aromatic carbocycles. The van der Waals surface area contributed by atoms with Crippen LogP contribution < -0.4 is 10.1 Å². The Bertz CT molecular complexity index is 1510. The van der Waals surface area contributed by atoms with Crippen LogP contribution in [0.15, 0.2) is 84.2 Å². The largest absolute Gasteiger partial charge is 0.457 e. The zero-order chi connectivity index (χ0) is 23.9. The Morgan fingerprint density at radius 2 is 1.60 bits per heavy atom. The zero-order valence-corrected chi connectivity index (χ0v) is 20.0. The van der Waals surface area contributed by atoms with Crippen LogP contribution in [0, 0.1) is 13.8 Å². The molecule has 0 aliphatic carbocycles. The summed E-state index contributed by atoms with van der Waals surface area (Å²) in [5, 5.41) is 10.4. The summed E-state index contributed by atoms with van der Waals surface area (Å²) in [7, 11) is 0. The highest BCUT2D eigenvalue weighted by Crippen LogP contribution is 2.44. The maximum atomic E-state index is 13.7. The molecule has 0 spiro atoms. The first-order chi connectivity index (χ1) is 17.1. The lowest BCUT2D eigenvalue weighted by Gasteiger charge is -2.27. The van der Waals surface area contributed by atoms with Gasteiger partial charge in [-0.15, -0.1) is 11.3 Å². The van der Waals surface area contributed by atoms with Crippen LogP contribution in [0.2, 0.25) is 0 Å². The molecule has 0 saturated heterocycles. The first-order valence-electron chi connectivity index (χ1n) is 11.3. The number of benzene rings is 3. The second-order valence-electron chi connectivity index (χ2n) is 8.56. The summed E-state index contributed by atoms with van der Waals surface area (Å²) in [5.41, 5.74) is 5.59.